The van der Waals surface area contributed by atoms with E-state index in [2.05, 4.69) is 10.6 Å². The summed E-state index contributed by atoms with van der Waals surface area (Å²) < 4.78 is 5.49. The topological polar surface area (TPSA) is 105 Å². The van der Waals surface area contributed by atoms with Gasteiger partial charge in [-0.2, -0.15) is 0 Å². The van der Waals surface area contributed by atoms with E-state index in [-0.39, 0.29) is 42.1 Å². The molecule has 0 saturated carbocycles. The number of nitrogens with zero attached hydrogens (tertiary/aromatic N) is 1. The number of esters is 1. The number of ether oxygens (including phenoxy) is 1. The van der Waals surface area contributed by atoms with Crippen LogP contribution in [0.4, 0.5) is 0 Å². The third-order valence-electron chi connectivity index (χ3n) is 6.95. The second kappa shape index (κ2) is 14.5. The number of benzene rings is 1. The third-order valence-corrected chi connectivity index (χ3v) is 6.95. The first-order chi connectivity index (χ1) is 17.8. The van der Waals surface area contributed by atoms with Gasteiger partial charge in [-0.05, 0) is 50.0 Å². The first kappa shape index (κ1) is 28.4. The Balaban J connectivity index is 1.82. The van der Waals surface area contributed by atoms with Gasteiger partial charge in [0.15, 0.2) is 0 Å². The van der Waals surface area contributed by atoms with Crippen LogP contribution in [0.15, 0.2) is 42.5 Å². The van der Waals surface area contributed by atoms with E-state index in [9.17, 15) is 19.2 Å². The van der Waals surface area contributed by atoms with Crippen LogP contribution in [0.1, 0.15) is 64.4 Å². The summed E-state index contributed by atoms with van der Waals surface area (Å²) in [6.07, 6.45) is 9.12. The van der Waals surface area contributed by atoms with Crippen molar-refractivity contribution in [1.29, 1.82) is 0 Å². The normalized spacial score (nSPS) is 26.1. The van der Waals surface area contributed by atoms with Gasteiger partial charge in [-0.15, -0.1) is 0 Å². The van der Waals surface area contributed by atoms with Crippen molar-refractivity contribution in [2.75, 3.05) is 19.7 Å². The lowest BCUT2D eigenvalue weighted by Gasteiger charge is -2.35. The molecule has 37 heavy (non-hydrogen) atoms. The third kappa shape index (κ3) is 9.02. The number of carbonyl (C=O) groups excluding carboxylic acids is 4. The molecule has 202 valence electrons. The summed E-state index contributed by atoms with van der Waals surface area (Å²) in [7, 11) is 0. The zero-order valence-electron chi connectivity index (χ0n) is 22.1. The van der Waals surface area contributed by atoms with Crippen LogP contribution in [-0.2, 0) is 30.3 Å². The molecule has 0 aliphatic carbocycles. The lowest BCUT2D eigenvalue weighted by molar-refractivity contribution is -0.152. The quantitative estimate of drug-likeness (QED) is 0.479. The minimum Gasteiger partial charge on any atom is -0.465 e. The molecule has 1 saturated heterocycles. The van der Waals surface area contributed by atoms with Crippen LogP contribution < -0.4 is 10.6 Å². The van der Waals surface area contributed by atoms with Gasteiger partial charge in [-0.1, -0.05) is 56.3 Å². The van der Waals surface area contributed by atoms with E-state index in [1.807, 2.05) is 56.3 Å². The molecule has 2 N–H and O–H groups in total. The highest BCUT2D eigenvalue weighted by molar-refractivity contribution is 5.92. The van der Waals surface area contributed by atoms with Gasteiger partial charge < -0.3 is 20.3 Å². The van der Waals surface area contributed by atoms with Gasteiger partial charge in [0.05, 0.1) is 12.5 Å². The summed E-state index contributed by atoms with van der Waals surface area (Å²) in [5.41, 5.74) is 0.918. The number of allylic oxidation sites excluding steroid dienone is 1. The van der Waals surface area contributed by atoms with Crippen molar-refractivity contribution in [3.63, 3.8) is 0 Å². The smallest absolute Gasteiger partial charge is 0.310 e. The van der Waals surface area contributed by atoms with E-state index < -0.39 is 12.1 Å². The predicted molar refractivity (Wildman–Crippen MR) is 141 cm³/mol. The molecule has 2 heterocycles. The van der Waals surface area contributed by atoms with Gasteiger partial charge in [0.25, 0.3) is 0 Å². The van der Waals surface area contributed by atoms with E-state index in [1.54, 1.807) is 4.90 Å². The summed E-state index contributed by atoms with van der Waals surface area (Å²) >= 11 is 0. The number of cyclic esters (lactones) is 1. The molecule has 1 aromatic rings. The fraction of sp³-hybridized carbons (Fsp3) is 0.586. The Kier molecular flexibility index (Phi) is 11.2. The van der Waals surface area contributed by atoms with Gasteiger partial charge in [0, 0.05) is 25.9 Å². The maximum absolute atomic E-state index is 13.7. The molecule has 1 aromatic carbocycles. The molecule has 2 bridgehead atoms. The minimum absolute atomic E-state index is 0.147. The Morgan fingerprint density at radius 2 is 1.73 bits per heavy atom. The van der Waals surface area contributed by atoms with Gasteiger partial charge in [0.2, 0.25) is 17.7 Å². The second-order valence-electron chi connectivity index (χ2n) is 10.3. The first-order valence-electron chi connectivity index (χ1n) is 13.6. The van der Waals surface area contributed by atoms with Crippen molar-refractivity contribution >= 4 is 23.7 Å². The van der Waals surface area contributed by atoms with Crippen molar-refractivity contribution in [3.8, 4) is 0 Å². The lowest BCUT2D eigenvalue weighted by Crippen LogP contribution is -2.57. The van der Waals surface area contributed by atoms with E-state index in [4.69, 9.17) is 4.74 Å². The highest BCUT2D eigenvalue weighted by Crippen LogP contribution is 2.20. The van der Waals surface area contributed by atoms with Crippen LogP contribution >= 0.6 is 0 Å². The molecule has 0 radical (unpaired) electrons. The molecule has 0 aromatic heterocycles. The predicted octanol–water partition coefficient (Wildman–Crippen LogP) is 3.16. The number of fused-ring (bicyclic) bond motifs is 2. The number of hydrogen-bond acceptors (Lipinski definition) is 5. The van der Waals surface area contributed by atoms with Crippen molar-refractivity contribution in [2.24, 2.45) is 11.8 Å². The SMILES string of the molecule is CC(C)[C@@H]1NC(=O)CCCC/C=C/CCOC(=O)[C@@H]2CCCN(C2)C(=O)[C@H](Cc2ccccc2)NC1=O. The molecule has 3 amide bonds. The zero-order chi connectivity index (χ0) is 26.6. The summed E-state index contributed by atoms with van der Waals surface area (Å²) in [5, 5.41) is 5.82. The minimum atomic E-state index is -0.807. The molecule has 3 atom stereocenters. The number of hydrogen-bond donors (Lipinski definition) is 2. The summed E-state index contributed by atoms with van der Waals surface area (Å²) in [4.78, 5) is 54.0. The molecular formula is C29H41N3O5. The molecule has 3 rings (SSSR count). The Bertz CT molecular complexity index is 946. The zero-order valence-corrected chi connectivity index (χ0v) is 22.1. The monoisotopic (exact) mass is 511 g/mol. The molecule has 0 unspecified atom stereocenters. The van der Waals surface area contributed by atoms with Crippen LogP contribution in [0, 0.1) is 11.8 Å². The molecule has 8 heteroatoms. The maximum atomic E-state index is 13.7. The van der Waals surface area contributed by atoms with Crippen molar-refractivity contribution < 1.29 is 23.9 Å². The highest BCUT2D eigenvalue weighted by atomic mass is 16.5. The largest absolute Gasteiger partial charge is 0.465 e. The Morgan fingerprint density at radius 1 is 0.973 bits per heavy atom. The summed E-state index contributed by atoms with van der Waals surface area (Å²) in [6, 6.07) is 7.98. The number of amides is 3. The van der Waals surface area contributed by atoms with Crippen molar-refractivity contribution in [3.05, 3.63) is 48.0 Å². The lowest BCUT2D eigenvalue weighted by atomic mass is 9.96. The molecular weight excluding hydrogens is 470 g/mol. The maximum Gasteiger partial charge on any atom is 0.310 e. The van der Waals surface area contributed by atoms with E-state index in [0.29, 0.717) is 51.7 Å². The number of nitrogens with one attached hydrogen (secondary N) is 2. The fourth-order valence-electron chi connectivity index (χ4n) is 4.81. The Morgan fingerprint density at radius 3 is 2.49 bits per heavy atom. The van der Waals surface area contributed by atoms with Gasteiger partial charge in [-0.3, -0.25) is 19.2 Å². The van der Waals surface area contributed by atoms with Crippen LogP contribution in [-0.4, -0.2) is 60.4 Å². The number of rotatable bonds is 3. The average molecular weight is 512 g/mol. The average Bonchev–Trinajstić information content (AvgIpc) is 2.89. The summed E-state index contributed by atoms with van der Waals surface area (Å²) in [5.74, 6) is -1.55. The fourth-order valence-corrected chi connectivity index (χ4v) is 4.81. The summed E-state index contributed by atoms with van der Waals surface area (Å²) in [6.45, 7) is 4.87. The molecule has 0 spiro atoms. The van der Waals surface area contributed by atoms with Crippen molar-refractivity contribution in [2.45, 2.75) is 77.3 Å². The van der Waals surface area contributed by atoms with Crippen LogP contribution in [0.2, 0.25) is 0 Å². The first-order valence-corrected chi connectivity index (χ1v) is 13.6. The Labute approximate surface area is 220 Å². The second-order valence-corrected chi connectivity index (χ2v) is 10.3. The molecule has 1 fully saturated rings. The van der Waals surface area contributed by atoms with Crippen LogP contribution in [0.5, 0.6) is 0 Å². The van der Waals surface area contributed by atoms with Gasteiger partial charge >= 0.3 is 5.97 Å². The highest BCUT2D eigenvalue weighted by Gasteiger charge is 2.35. The molecule has 2 aliphatic rings. The van der Waals surface area contributed by atoms with Crippen molar-refractivity contribution in [1.82, 2.24) is 15.5 Å². The van der Waals surface area contributed by atoms with E-state index in [1.165, 1.54) is 0 Å². The van der Waals surface area contributed by atoms with Gasteiger partial charge in [-0.25, -0.2) is 0 Å². The standard InChI is InChI=1S/C29H41N3O5/c1-21(2)26-27(34)30-24(19-22-13-8-7-9-14-22)28(35)32-17-12-15-23(20-32)29(36)37-18-11-6-4-3-5-10-16-25(33)31-26/h4,6-9,13-14,21,23-24,26H,3,5,10-12,15-20H2,1-2H3,(H,30,34)(H,31,33)/b6-4+/t23-,24+,26+/m1/s1. The number of carbonyl (C=O) groups is 4. The Hall–Kier alpha value is -3.16. The van der Waals surface area contributed by atoms with Crippen LogP contribution in [0.3, 0.4) is 0 Å². The van der Waals surface area contributed by atoms with E-state index in [0.717, 1.165) is 18.4 Å². The van der Waals surface area contributed by atoms with Crippen LogP contribution in [0.25, 0.3) is 0 Å². The van der Waals surface area contributed by atoms with Gasteiger partial charge in [0.1, 0.15) is 12.1 Å². The molecule has 8 nitrogen and oxygen atoms in total. The number of piperidine rings is 1. The van der Waals surface area contributed by atoms with E-state index >= 15 is 0 Å². The molecule has 2 aliphatic heterocycles.